The van der Waals surface area contributed by atoms with E-state index >= 15 is 0 Å². The minimum atomic E-state index is -0.424. The summed E-state index contributed by atoms with van der Waals surface area (Å²) >= 11 is 2.03. The standard InChI is InChI=1S/C15H28N2O2S/c1-15(2,3)19-14(18)16-9-13(11-6-7-11)17-12-5-4-8-20-10-12/h11-13,17H,4-10H2,1-3H3,(H,16,18). The van der Waals surface area contributed by atoms with Crippen molar-refractivity contribution in [1.29, 1.82) is 0 Å². The average Bonchev–Trinajstić information content (AvgIpc) is 3.18. The summed E-state index contributed by atoms with van der Waals surface area (Å²) in [6.45, 7) is 6.36. The van der Waals surface area contributed by atoms with Gasteiger partial charge in [0.25, 0.3) is 0 Å². The highest BCUT2D eigenvalue weighted by Crippen LogP contribution is 2.33. The number of alkyl carbamates (subject to hydrolysis) is 1. The molecule has 0 aromatic carbocycles. The summed E-state index contributed by atoms with van der Waals surface area (Å²) in [5.74, 6) is 3.23. The Morgan fingerprint density at radius 3 is 2.65 bits per heavy atom. The SMILES string of the molecule is CC(C)(C)OC(=O)NCC(NC1CCCSC1)C1CC1. The van der Waals surface area contributed by atoms with Gasteiger partial charge in [-0.15, -0.1) is 0 Å². The number of amides is 1. The van der Waals surface area contributed by atoms with Gasteiger partial charge in [-0.1, -0.05) is 0 Å². The van der Waals surface area contributed by atoms with Crippen molar-refractivity contribution in [3.8, 4) is 0 Å². The van der Waals surface area contributed by atoms with Crippen LogP contribution < -0.4 is 10.6 Å². The van der Waals surface area contributed by atoms with Crippen molar-refractivity contribution in [3.63, 3.8) is 0 Å². The van der Waals surface area contributed by atoms with E-state index in [1.54, 1.807) is 0 Å². The molecule has 4 nitrogen and oxygen atoms in total. The van der Waals surface area contributed by atoms with Crippen molar-refractivity contribution in [3.05, 3.63) is 0 Å². The van der Waals surface area contributed by atoms with E-state index < -0.39 is 5.60 Å². The second kappa shape index (κ2) is 7.03. The van der Waals surface area contributed by atoms with Gasteiger partial charge in [-0.2, -0.15) is 11.8 Å². The quantitative estimate of drug-likeness (QED) is 0.820. The van der Waals surface area contributed by atoms with Gasteiger partial charge in [0.15, 0.2) is 0 Å². The van der Waals surface area contributed by atoms with E-state index in [1.165, 1.54) is 37.2 Å². The maximum absolute atomic E-state index is 11.7. The van der Waals surface area contributed by atoms with Crippen LogP contribution in [-0.2, 0) is 4.74 Å². The number of thioether (sulfide) groups is 1. The van der Waals surface area contributed by atoms with Crippen LogP contribution in [0.5, 0.6) is 0 Å². The maximum Gasteiger partial charge on any atom is 0.407 e. The summed E-state index contributed by atoms with van der Waals surface area (Å²) in [6, 6.07) is 1.02. The highest BCUT2D eigenvalue weighted by Gasteiger charge is 2.33. The molecule has 5 heteroatoms. The largest absolute Gasteiger partial charge is 0.444 e. The smallest absolute Gasteiger partial charge is 0.407 e. The fraction of sp³-hybridized carbons (Fsp3) is 0.933. The Kier molecular flexibility index (Phi) is 5.61. The van der Waals surface area contributed by atoms with Gasteiger partial charge in [0.2, 0.25) is 0 Å². The van der Waals surface area contributed by atoms with Crippen molar-refractivity contribution >= 4 is 17.9 Å². The second-order valence-electron chi connectivity index (χ2n) is 6.91. The highest BCUT2D eigenvalue weighted by atomic mass is 32.2. The molecule has 1 aliphatic heterocycles. The van der Waals surface area contributed by atoms with Crippen LogP contribution in [0.4, 0.5) is 4.79 Å². The zero-order chi connectivity index (χ0) is 14.6. The first-order valence-corrected chi connectivity index (χ1v) is 8.90. The molecule has 2 N–H and O–H groups in total. The normalized spacial score (nSPS) is 25.1. The molecule has 1 heterocycles. The molecule has 20 heavy (non-hydrogen) atoms. The molecule has 2 unspecified atom stereocenters. The van der Waals surface area contributed by atoms with Gasteiger partial charge in [0.1, 0.15) is 5.60 Å². The monoisotopic (exact) mass is 300 g/mol. The predicted octanol–water partition coefficient (Wildman–Crippen LogP) is 2.77. The molecule has 1 amide bonds. The summed E-state index contributed by atoms with van der Waals surface area (Å²) in [6.07, 6.45) is 4.84. The molecule has 116 valence electrons. The Balaban J connectivity index is 1.73. The molecule has 2 atom stereocenters. The first-order chi connectivity index (χ1) is 9.44. The average molecular weight is 300 g/mol. The van der Waals surface area contributed by atoms with Crippen molar-refractivity contribution < 1.29 is 9.53 Å². The van der Waals surface area contributed by atoms with Crippen molar-refractivity contribution in [1.82, 2.24) is 10.6 Å². The summed E-state index contributed by atoms with van der Waals surface area (Å²) in [5, 5.41) is 6.66. The van der Waals surface area contributed by atoms with Gasteiger partial charge in [-0.25, -0.2) is 4.79 Å². The number of nitrogens with one attached hydrogen (secondary N) is 2. The molecule has 0 spiro atoms. The van der Waals surface area contributed by atoms with Gasteiger partial charge in [0.05, 0.1) is 0 Å². The summed E-state index contributed by atoms with van der Waals surface area (Å²) < 4.78 is 5.30. The molecule has 0 bridgehead atoms. The van der Waals surface area contributed by atoms with Crippen LogP contribution in [-0.4, -0.2) is 41.8 Å². The molecule has 2 fully saturated rings. The molecule has 0 aromatic heterocycles. The van der Waals surface area contributed by atoms with E-state index in [2.05, 4.69) is 10.6 Å². The van der Waals surface area contributed by atoms with E-state index in [-0.39, 0.29) is 6.09 Å². The van der Waals surface area contributed by atoms with Crippen LogP contribution in [0, 0.1) is 5.92 Å². The van der Waals surface area contributed by atoms with Gasteiger partial charge in [-0.05, 0) is 58.1 Å². The number of carbonyl (C=O) groups excluding carboxylic acids is 1. The molecule has 2 rings (SSSR count). The van der Waals surface area contributed by atoms with E-state index in [0.717, 1.165) is 5.92 Å². The molecule has 1 saturated carbocycles. The summed E-state index contributed by atoms with van der Waals surface area (Å²) in [7, 11) is 0. The lowest BCUT2D eigenvalue weighted by Crippen LogP contribution is -2.49. The van der Waals surface area contributed by atoms with E-state index in [1.807, 2.05) is 32.5 Å². The van der Waals surface area contributed by atoms with Crippen LogP contribution in [0.3, 0.4) is 0 Å². The Labute approximate surface area is 126 Å². The minimum Gasteiger partial charge on any atom is -0.444 e. The Hall–Kier alpha value is -0.420. The number of carbonyl (C=O) groups is 1. The first kappa shape index (κ1) is 16.0. The maximum atomic E-state index is 11.7. The lowest BCUT2D eigenvalue weighted by atomic mass is 10.1. The molecule has 1 aliphatic carbocycles. The third-order valence-corrected chi connectivity index (χ3v) is 4.88. The van der Waals surface area contributed by atoms with Gasteiger partial charge in [0, 0.05) is 24.4 Å². The third kappa shape index (κ3) is 5.92. The number of hydrogen-bond acceptors (Lipinski definition) is 4. The van der Waals surface area contributed by atoms with Gasteiger partial charge < -0.3 is 15.4 Å². The Bertz CT molecular complexity index is 320. The molecular formula is C15H28N2O2S. The van der Waals surface area contributed by atoms with Crippen molar-refractivity contribution in [2.45, 2.75) is 64.1 Å². The molecule has 0 aromatic rings. The first-order valence-electron chi connectivity index (χ1n) is 7.75. The predicted molar refractivity (Wildman–Crippen MR) is 84.2 cm³/mol. The zero-order valence-corrected chi connectivity index (χ0v) is 13.7. The number of hydrogen-bond donors (Lipinski definition) is 2. The van der Waals surface area contributed by atoms with E-state index in [0.29, 0.717) is 18.6 Å². The topological polar surface area (TPSA) is 50.4 Å². The van der Waals surface area contributed by atoms with E-state index in [4.69, 9.17) is 4.74 Å². The van der Waals surface area contributed by atoms with Crippen LogP contribution in [0.1, 0.15) is 46.5 Å². The zero-order valence-electron chi connectivity index (χ0n) is 12.9. The summed E-state index contributed by atoms with van der Waals surface area (Å²) in [4.78, 5) is 11.7. The van der Waals surface area contributed by atoms with Crippen LogP contribution in [0.25, 0.3) is 0 Å². The molecular weight excluding hydrogens is 272 g/mol. The summed E-state index contributed by atoms with van der Waals surface area (Å²) in [5.41, 5.74) is -0.424. The molecule has 0 radical (unpaired) electrons. The van der Waals surface area contributed by atoms with Crippen LogP contribution in [0.15, 0.2) is 0 Å². The lowest BCUT2D eigenvalue weighted by molar-refractivity contribution is 0.0520. The second-order valence-corrected chi connectivity index (χ2v) is 8.06. The Morgan fingerprint density at radius 1 is 1.35 bits per heavy atom. The Morgan fingerprint density at radius 2 is 2.10 bits per heavy atom. The number of ether oxygens (including phenoxy) is 1. The minimum absolute atomic E-state index is 0.303. The van der Waals surface area contributed by atoms with Gasteiger partial charge in [-0.3, -0.25) is 0 Å². The fourth-order valence-corrected chi connectivity index (χ4v) is 3.63. The third-order valence-electron chi connectivity index (χ3n) is 3.67. The van der Waals surface area contributed by atoms with Crippen molar-refractivity contribution in [2.75, 3.05) is 18.1 Å². The number of rotatable bonds is 5. The van der Waals surface area contributed by atoms with Crippen molar-refractivity contribution in [2.24, 2.45) is 5.92 Å². The molecule has 1 saturated heterocycles. The fourth-order valence-electron chi connectivity index (χ4n) is 2.54. The molecule has 2 aliphatic rings. The highest BCUT2D eigenvalue weighted by molar-refractivity contribution is 7.99. The lowest BCUT2D eigenvalue weighted by Gasteiger charge is -2.29. The van der Waals surface area contributed by atoms with E-state index in [9.17, 15) is 4.79 Å². The van der Waals surface area contributed by atoms with Crippen LogP contribution >= 0.6 is 11.8 Å². The van der Waals surface area contributed by atoms with Gasteiger partial charge >= 0.3 is 6.09 Å². The van der Waals surface area contributed by atoms with Crippen LogP contribution in [0.2, 0.25) is 0 Å².